The zero-order valence-electron chi connectivity index (χ0n) is 8.02. The van der Waals surface area contributed by atoms with E-state index in [1.807, 2.05) is 0 Å². The molecule has 82 valence electrons. The van der Waals surface area contributed by atoms with Gasteiger partial charge in [0.05, 0.1) is 11.1 Å². The zero-order valence-corrected chi connectivity index (χ0v) is 8.02. The Morgan fingerprint density at radius 1 is 1.31 bits per heavy atom. The molecule has 1 N–H and O–H groups in total. The number of benzene rings is 1. The molecule has 0 bridgehead atoms. The van der Waals surface area contributed by atoms with Gasteiger partial charge < -0.3 is 5.11 Å². The molecule has 0 radical (unpaired) electrons. The van der Waals surface area contributed by atoms with Crippen LogP contribution in [0.15, 0.2) is 30.5 Å². The molecule has 5 heteroatoms. The number of hydrogen-bond donors (Lipinski definition) is 1. The molecule has 0 aliphatic carbocycles. The zero-order chi connectivity index (χ0) is 11.7. The molecule has 0 fully saturated rings. The first-order valence-corrected chi connectivity index (χ1v) is 4.50. The third-order valence-electron chi connectivity index (χ3n) is 2.27. The molecule has 1 aromatic heterocycles. The van der Waals surface area contributed by atoms with E-state index in [4.69, 9.17) is 5.11 Å². The van der Waals surface area contributed by atoms with Crippen LogP contribution in [0.25, 0.3) is 10.9 Å². The van der Waals surface area contributed by atoms with Crippen LogP contribution in [0.5, 0.6) is 0 Å². The van der Waals surface area contributed by atoms with E-state index < -0.39 is 12.4 Å². The Morgan fingerprint density at radius 3 is 2.69 bits per heavy atom. The third kappa shape index (κ3) is 1.60. The van der Waals surface area contributed by atoms with Gasteiger partial charge in [0, 0.05) is 17.1 Å². The number of hydrogen-bond acceptors (Lipinski definition) is 2. The molecule has 0 amide bonds. The number of pyridine rings is 1. The SMILES string of the molecule is O=C(O)c1cccc2c(C(F)F)ccnc12. The van der Waals surface area contributed by atoms with Crippen LogP contribution in [-0.2, 0) is 0 Å². The average Bonchev–Trinajstić information content (AvgIpc) is 2.27. The van der Waals surface area contributed by atoms with Crippen molar-refractivity contribution in [3.63, 3.8) is 0 Å². The van der Waals surface area contributed by atoms with Crippen LogP contribution >= 0.6 is 0 Å². The Balaban J connectivity index is 2.81. The fourth-order valence-corrected chi connectivity index (χ4v) is 1.56. The number of carbonyl (C=O) groups is 1. The minimum absolute atomic E-state index is 0.0694. The van der Waals surface area contributed by atoms with E-state index in [2.05, 4.69) is 4.98 Å². The lowest BCUT2D eigenvalue weighted by Crippen LogP contribution is -2.00. The molecule has 16 heavy (non-hydrogen) atoms. The maximum atomic E-state index is 12.7. The second kappa shape index (κ2) is 3.84. The van der Waals surface area contributed by atoms with Crippen LogP contribution in [0.1, 0.15) is 22.3 Å². The molecule has 0 saturated heterocycles. The van der Waals surface area contributed by atoms with Crippen molar-refractivity contribution < 1.29 is 18.7 Å². The van der Waals surface area contributed by atoms with Crippen molar-refractivity contribution in [2.45, 2.75) is 6.43 Å². The smallest absolute Gasteiger partial charge is 0.337 e. The number of para-hydroxylation sites is 1. The molecule has 0 atom stereocenters. The average molecular weight is 223 g/mol. The summed E-state index contributed by atoms with van der Waals surface area (Å²) in [6.45, 7) is 0. The summed E-state index contributed by atoms with van der Waals surface area (Å²) < 4.78 is 25.3. The molecule has 0 saturated carbocycles. The topological polar surface area (TPSA) is 50.2 Å². The summed E-state index contributed by atoms with van der Waals surface area (Å²) in [4.78, 5) is 14.7. The van der Waals surface area contributed by atoms with E-state index in [-0.39, 0.29) is 22.0 Å². The third-order valence-corrected chi connectivity index (χ3v) is 2.27. The summed E-state index contributed by atoms with van der Waals surface area (Å²) in [7, 11) is 0. The highest BCUT2D eigenvalue weighted by Crippen LogP contribution is 2.27. The summed E-state index contributed by atoms with van der Waals surface area (Å²) in [5.74, 6) is -1.18. The molecular weight excluding hydrogens is 216 g/mol. The Labute approximate surface area is 89.3 Å². The molecule has 0 unspecified atom stereocenters. The van der Waals surface area contributed by atoms with Crippen LogP contribution in [0.4, 0.5) is 8.78 Å². The van der Waals surface area contributed by atoms with Gasteiger partial charge in [-0.3, -0.25) is 4.98 Å². The Morgan fingerprint density at radius 2 is 2.06 bits per heavy atom. The van der Waals surface area contributed by atoms with Gasteiger partial charge in [0.1, 0.15) is 0 Å². The van der Waals surface area contributed by atoms with E-state index in [1.165, 1.54) is 30.5 Å². The summed E-state index contributed by atoms with van der Waals surface area (Å²) in [6, 6.07) is 5.40. The minimum Gasteiger partial charge on any atom is -0.478 e. The number of aromatic nitrogens is 1. The predicted octanol–water partition coefficient (Wildman–Crippen LogP) is 2.87. The van der Waals surface area contributed by atoms with E-state index in [9.17, 15) is 13.6 Å². The first-order valence-electron chi connectivity index (χ1n) is 4.50. The van der Waals surface area contributed by atoms with Crippen LogP contribution < -0.4 is 0 Å². The van der Waals surface area contributed by atoms with Gasteiger partial charge in [-0.2, -0.15) is 0 Å². The van der Waals surface area contributed by atoms with Crippen LogP contribution in [0.3, 0.4) is 0 Å². The van der Waals surface area contributed by atoms with E-state index >= 15 is 0 Å². The molecule has 2 aromatic rings. The van der Waals surface area contributed by atoms with Crippen molar-refractivity contribution in [1.29, 1.82) is 0 Å². The number of rotatable bonds is 2. The summed E-state index contributed by atoms with van der Waals surface area (Å²) in [6.07, 6.45) is -1.45. The fraction of sp³-hybridized carbons (Fsp3) is 0.0909. The van der Waals surface area contributed by atoms with Crippen LogP contribution in [-0.4, -0.2) is 16.1 Å². The second-order valence-corrected chi connectivity index (χ2v) is 3.21. The van der Waals surface area contributed by atoms with E-state index in [1.54, 1.807) is 0 Å². The van der Waals surface area contributed by atoms with Gasteiger partial charge in [-0.15, -0.1) is 0 Å². The Kier molecular flexibility index (Phi) is 2.52. The number of fused-ring (bicyclic) bond motifs is 1. The molecule has 0 aliphatic heterocycles. The minimum atomic E-state index is -2.64. The van der Waals surface area contributed by atoms with Gasteiger partial charge in [-0.1, -0.05) is 12.1 Å². The van der Waals surface area contributed by atoms with Crippen LogP contribution in [0.2, 0.25) is 0 Å². The summed E-state index contributed by atoms with van der Waals surface area (Å²) >= 11 is 0. The van der Waals surface area contributed by atoms with Crippen molar-refractivity contribution in [2.75, 3.05) is 0 Å². The largest absolute Gasteiger partial charge is 0.478 e. The van der Waals surface area contributed by atoms with Crippen LogP contribution in [0, 0.1) is 0 Å². The monoisotopic (exact) mass is 223 g/mol. The van der Waals surface area contributed by atoms with Crippen molar-refractivity contribution in [3.8, 4) is 0 Å². The maximum absolute atomic E-state index is 12.7. The standard InChI is InChI=1S/C11H7F2NO2/c12-10(13)7-4-5-14-9-6(7)2-1-3-8(9)11(15)16/h1-5,10H,(H,15,16). The lowest BCUT2D eigenvalue weighted by Gasteiger charge is -2.06. The number of carboxylic acids is 1. The normalized spacial score (nSPS) is 10.9. The molecule has 1 aromatic carbocycles. The number of carboxylic acid groups (broad SMARTS) is 1. The van der Waals surface area contributed by atoms with Gasteiger partial charge in [0.15, 0.2) is 0 Å². The Hall–Kier alpha value is -2.04. The number of nitrogens with zero attached hydrogens (tertiary/aromatic N) is 1. The molecular formula is C11H7F2NO2. The number of halogens is 2. The van der Waals surface area contributed by atoms with Crippen molar-refractivity contribution in [3.05, 3.63) is 41.6 Å². The van der Waals surface area contributed by atoms with Crippen molar-refractivity contribution in [1.82, 2.24) is 4.98 Å². The van der Waals surface area contributed by atoms with E-state index in [0.717, 1.165) is 0 Å². The maximum Gasteiger partial charge on any atom is 0.337 e. The molecule has 3 nitrogen and oxygen atoms in total. The molecule has 0 spiro atoms. The quantitative estimate of drug-likeness (QED) is 0.851. The highest BCUT2D eigenvalue weighted by molar-refractivity contribution is 6.02. The van der Waals surface area contributed by atoms with Gasteiger partial charge in [0.25, 0.3) is 6.43 Å². The summed E-state index contributed by atoms with van der Waals surface area (Å²) in [5.41, 5.74) is -0.180. The highest BCUT2D eigenvalue weighted by atomic mass is 19.3. The predicted molar refractivity (Wildman–Crippen MR) is 53.7 cm³/mol. The molecule has 2 rings (SSSR count). The van der Waals surface area contributed by atoms with Gasteiger partial charge in [0.2, 0.25) is 0 Å². The number of aromatic carboxylic acids is 1. The summed E-state index contributed by atoms with van der Waals surface area (Å²) in [5, 5.41) is 9.06. The Bertz CT molecular complexity index is 555. The second-order valence-electron chi connectivity index (χ2n) is 3.21. The fourth-order valence-electron chi connectivity index (χ4n) is 1.56. The first-order chi connectivity index (χ1) is 7.61. The first kappa shape index (κ1) is 10.5. The lowest BCUT2D eigenvalue weighted by molar-refractivity contribution is 0.0698. The molecule has 1 heterocycles. The van der Waals surface area contributed by atoms with Crippen molar-refractivity contribution in [2.24, 2.45) is 0 Å². The lowest BCUT2D eigenvalue weighted by atomic mass is 10.1. The number of alkyl halides is 2. The van der Waals surface area contributed by atoms with Gasteiger partial charge in [-0.25, -0.2) is 13.6 Å². The van der Waals surface area contributed by atoms with Gasteiger partial charge >= 0.3 is 5.97 Å². The van der Waals surface area contributed by atoms with E-state index in [0.29, 0.717) is 0 Å². The molecule has 0 aliphatic rings. The highest BCUT2D eigenvalue weighted by Gasteiger charge is 2.15. The van der Waals surface area contributed by atoms with Crippen molar-refractivity contribution >= 4 is 16.9 Å². The van der Waals surface area contributed by atoms with Gasteiger partial charge in [-0.05, 0) is 12.1 Å².